The van der Waals surface area contributed by atoms with Crippen molar-refractivity contribution < 1.29 is 44.5 Å². The normalized spacial score (nSPS) is 20.1. The van der Waals surface area contributed by atoms with Crippen LogP contribution in [0.25, 0.3) is 0 Å². The van der Waals surface area contributed by atoms with Crippen molar-refractivity contribution in [3.63, 3.8) is 0 Å². The van der Waals surface area contributed by atoms with Crippen LogP contribution in [0.3, 0.4) is 0 Å². The van der Waals surface area contributed by atoms with Crippen molar-refractivity contribution in [1.82, 2.24) is 10.6 Å². The molecule has 0 radical (unpaired) electrons. The summed E-state index contributed by atoms with van der Waals surface area (Å²) in [5, 5.41) is 60.4. The zero-order valence-corrected chi connectivity index (χ0v) is 43.4. The van der Waals surface area contributed by atoms with Gasteiger partial charge in [-0.05, 0) is 25.8 Å². The Morgan fingerprint density at radius 2 is 0.864 bits per heavy atom. The lowest BCUT2D eigenvalue weighted by Crippen LogP contribution is -2.60. The second-order valence-electron chi connectivity index (χ2n) is 20.2. The highest BCUT2D eigenvalue weighted by Gasteiger charge is 2.45. The lowest BCUT2D eigenvalue weighted by molar-refractivity contribution is -0.303. The third-order valence-electron chi connectivity index (χ3n) is 13.9. The highest BCUT2D eigenvalue weighted by molar-refractivity contribution is 5.67. The zero-order chi connectivity index (χ0) is 48.1. The molecular weight excluding hydrogens is 833 g/mol. The molecule has 1 fully saturated rings. The maximum atomic E-state index is 12.1. The molecule has 0 saturated carbocycles. The summed E-state index contributed by atoms with van der Waals surface area (Å²) >= 11 is 0. The van der Waals surface area contributed by atoms with Gasteiger partial charge in [-0.2, -0.15) is 0 Å². The van der Waals surface area contributed by atoms with Crippen molar-refractivity contribution in [2.75, 3.05) is 26.3 Å². The van der Waals surface area contributed by atoms with E-state index in [0.29, 0.717) is 19.5 Å². The minimum Gasteiger partial charge on any atom is -0.447 e. The number of carbonyl (C=O) groups excluding carboxylic acids is 1. The molecule has 1 rings (SSSR count). The van der Waals surface area contributed by atoms with Crippen molar-refractivity contribution in [2.45, 2.75) is 320 Å². The number of aliphatic hydroxyl groups excluding tert-OH is 5. The van der Waals surface area contributed by atoms with Gasteiger partial charge < -0.3 is 50.4 Å². The van der Waals surface area contributed by atoms with E-state index >= 15 is 0 Å². The zero-order valence-electron chi connectivity index (χ0n) is 43.4. The lowest BCUT2D eigenvalue weighted by Gasteiger charge is -2.40. The molecule has 11 heteroatoms. The molecular formula is C55H110N2O9. The standard InChI is InChI=1S/C55H110N2O9/c1-4-7-10-12-14-16-18-20-21-22-23-24-25-26-27-28-29-30-31-33-35-37-39-41-44-56-47(50(59)48(58)42-40-38-36-34-32-19-17-15-13-11-8-5-2)45-64-54-53(62)52(61)51(60)49(66-54)46-65-55(63)57-43-9-6-3/h47-54,56,58-62H,4-46H2,1-3H3,(H,57,63)/t47-,48+,49+,50-,51-,52-,53+,54-/m0/s1. The second kappa shape index (κ2) is 46.3. The van der Waals surface area contributed by atoms with Crippen LogP contribution in [0.1, 0.15) is 271 Å². The molecule has 0 aliphatic carbocycles. The molecule has 1 aliphatic rings. The molecule has 0 unspecified atom stereocenters. The van der Waals surface area contributed by atoms with E-state index in [-0.39, 0.29) is 13.2 Å². The number of unbranched alkanes of at least 4 members (excludes halogenated alkanes) is 35. The third kappa shape index (κ3) is 35.1. The molecule has 1 heterocycles. The fraction of sp³-hybridized carbons (Fsp3) is 0.982. The van der Waals surface area contributed by atoms with Crippen LogP contribution in [-0.4, -0.2) is 107 Å². The van der Waals surface area contributed by atoms with Crippen LogP contribution in [-0.2, 0) is 14.2 Å². The first-order chi connectivity index (χ1) is 32.3. The molecule has 7 N–H and O–H groups in total. The van der Waals surface area contributed by atoms with Gasteiger partial charge in [0.15, 0.2) is 6.29 Å². The van der Waals surface area contributed by atoms with Crippen molar-refractivity contribution in [3.05, 3.63) is 0 Å². The molecule has 0 aromatic rings. The summed E-state index contributed by atoms with van der Waals surface area (Å²) in [6.45, 7) is 7.19. The number of amides is 1. The second-order valence-corrected chi connectivity index (χ2v) is 20.2. The van der Waals surface area contributed by atoms with E-state index in [4.69, 9.17) is 14.2 Å². The molecule has 11 nitrogen and oxygen atoms in total. The first-order valence-electron chi connectivity index (χ1n) is 28.6. The van der Waals surface area contributed by atoms with Crippen LogP contribution >= 0.6 is 0 Å². The average molecular weight is 943 g/mol. The summed E-state index contributed by atoms with van der Waals surface area (Å²) in [4.78, 5) is 12.1. The maximum absolute atomic E-state index is 12.1. The Hall–Kier alpha value is -1.05. The van der Waals surface area contributed by atoms with Crippen LogP contribution in [0.15, 0.2) is 0 Å². The van der Waals surface area contributed by atoms with Crippen molar-refractivity contribution >= 4 is 6.09 Å². The Kier molecular flexibility index (Phi) is 44.2. The van der Waals surface area contributed by atoms with E-state index < -0.39 is 55.0 Å². The smallest absolute Gasteiger partial charge is 0.407 e. The molecule has 0 aromatic carbocycles. The molecule has 66 heavy (non-hydrogen) atoms. The fourth-order valence-electron chi connectivity index (χ4n) is 9.25. The Morgan fingerprint density at radius 1 is 0.485 bits per heavy atom. The van der Waals surface area contributed by atoms with Gasteiger partial charge in [0.05, 0.1) is 24.9 Å². The molecule has 8 atom stereocenters. The molecule has 0 bridgehead atoms. The van der Waals surface area contributed by atoms with Crippen LogP contribution in [0, 0.1) is 0 Å². The molecule has 1 saturated heterocycles. The van der Waals surface area contributed by atoms with E-state index in [2.05, 4.69) is 24.5 Å². The first-order valence-corrected chi connectivity index (χ1v) is 28.6. The molecule has 0 spiro atoms. The van der Waals surface area contributed by atoms with Gasteiger partial charge in [0.2, 0.25) is 0 Å². The fourth-order valence-corrected chi connectivity index (χ4v) is 9.25. The molecule has 0 aromatic heterocycles. The van der Waals surface area contributed by atoms with Crippen molar-refractivity contribution in [2.24, 2.45) is 0 Å². The summed E-state index contributed by atoms with van der Waals surface area (Å²) in [6.07, 6.45) is 39.3. The number of alkyl carbamates (subject to hydrolysis) is 1. The summed E-state index contributed by atoms with van der Waals surface area (Å²) in [5.41, 5.74) is 0. The minimum absolute atomic E-state index is 0.105. The van der Waals surface area contributed by atoms with E-state index in [1.165, 1.54) is 193 Å². The van der Waals surface area contributed by atoms with Crippen LogP contribution in [0.4, 0.5) is 4.79 Å². The summed E-state index contributed by atoms with van der Waals surface area (Å²) in [5.74, 6) is 0. The lowest BCUT2D eigenvalue weighted by atomic mass is 9.98. The Morgan fingerprint density at radius 3 is 1.27 bits per heavy atom. The Balaban J connectivity index is 2.38. The number of carbonyl (C=O) groups is 1. The largest absolute Gasteiger partial charge is 0.447 e. The van der Waals surface area contributed by atoms with Crippen molar-refractivity contribution in [1.29, 1.82) is 0 Å². The van der Waals surface area contributed by atoms with Crippen LogP contribution < -0.4 is 10.6 Å². The summed E-state index contributed by atoms with van der Waals surface area (Å²) in [6, 6.07) is -0.652. The van der Waals surface area contributed by atoms with Crippen LogP contribution in [0.5, 0.6) is 0 Å². The van der Waals surface area contributed by atoms with Gasteiger partial charge in [-0.3, -0.25) is 0 Å². The number of hydrogen-bond donors (Lipinski definition) is 7. The number of nitrogens with one attached hydrogen (secondary N) is 2. The van der Waals surface area contributed by atoms with E-state index in [0.717, 1.165) is 51.4 Å². The Labute approximate surface area is 406 Å². The molecule has 1 amide bonds. The van der Waals surface area contributed by atoms with Gasteiger partial charge >= 0.3 is 6.09 Å². The third-order valence-corrected chi connectivity index (χ3v) is 13.9. The summed E-state index contributed by atoms with van der Waals surface area (Å²) in [7, 11) is 0. The van der Waals surface area contributed by atoms with Gasteiger partial charge in [-0.25, -0.2) is 4.79 Å². The van der Waals surface area contributed by atoms with Crippen LogP contribution in [0.2, 0.25) is 0 Å². The SMILES string of the molecule is CCCCCCCCCCCCCCCCCCCCCCCCCCN[C@@H](CO[C@H]1O[C@H](COC(=O)NCCCC)[C@H](O)[C@H](O)[C@H]1O)[C@H](O)[C@H](O)CCCCCCCCCCCCCC. The highest BCUT2D eigenvalue weighted by atomic mass is 16.7. The number of hydrogen-bond acceptors (Lipinski definition) is 10. The first kappa shape index (κ1) is 63.0. The predicted molar refractivity (Wildman–Crippen MR) is 273 cm³/mol. The van der Waals surface area contributed by atoms with E-state index in [1.807, 2.05) is 6.92 Å². The van der Waals surface area contributed by atoms with Gasteiger partial charge in [0.25, 0.3) is 0 Å². The van der Waals surface area contributed by atoms with E-state index in [9.17, 15) is 30.3 Å². The van der Waals surface area contributed by atoms with Gasteiger partial charge in [-0.1, -0.05) is 252 Å². The van der Waals surface area contributed by atoms with Gasteiger partial charge in [0.1, 0.15) is 31.0 Å². The average Bonchev–Trinajstić information content (AvgIpc) is 3.32. The van der Waals surface area contributed by atoms with Gasteiger partial charge in [0, 0.05) is 6.54 Å². The number of aliphatic hydroxyl groups is 5. The van der Waals surface area contributed by atoms with E-state index in [1.54, 1.807) is 0 Å². The van der Waals surface area contributed by atoms with Gasteiger partial charge in [-0.15, -0.1) is 0 Å². The molecule has 394 valence electrons. The summed E-state index contributed by atoms with van der Waals surface area (Å²) < 4.78 is 17.0. The molecule has 1 aliphatic heterocycles. The Bertz CT molecular complexity index is 1030. The van der Waals surface area contributed by atoms with Crippen molar-refractivity contribution in [3.8, 4) is 0 Å². The highest BCUT2D eigenvalue weighted by Crippen LogP contribution is 2.24. The number of ether oxygens (including phenoxy) is 3. The minimum atomic E-state index is -1.59. The quantitative estimate of drug-likeness (QED) is 0.0291. The monoisotopic (exact) mass is 943 g/mol. The maximum Gasteiger partial charge on any atom is 0.407 e. The number of rotatable bonds is 49. The predicted octanol–water partition coefficient (Wildman–Crippen LogP) is 12.5. The topological polar surface area (TPSA) is 170 Å².